The third kappa shape index (κ3) is 7.24. The van der Waals surface area contributed by atoms with E-state index in [4.69, 9.17) is 9.47 Å². The summed E-state index contributed by atoms with van der Waals surface area (Å²) in [7, 11) is 0. The molecule has 0 fully saturated rings. The van der Waals surface area contributed by atoms with E-state index in [-0.39, 0.29) is 11.5 Å². The molecule has 1 N–H and O–H groups in total. The number of amides is 1. The summed E-state index contributed by atoms with van der Waals surface area (Å²) in [6.07, 6.45) is -0.445. The van der Waals surface area contributed by atoms with Crippen LogP contribution < -0.4 is 5.32 Å². The number of carbonyl (C=O) groups is 1. The molecule has 1 atom stereocenters. The van der Waals surface area contributed by atoms with Crippen LogP contribution in [0.5, 0.6) is 0 Å². The Morgan fingerprint density at radius 2 is 1.79 bits per heavy atom. The number of alkyl carbamates (subject to hydrolysis) is 1. The predicted molar refractivity (Wildman–Crippen MR) is 115 cm³/mol. The molecule has 0 aliphatic heterocycles. The van der Waals surface area contributed by atoms with Gasteiger partial charge in [-0.1, -0.05) is 45.0 Å². The molecular formula is C22H32N2O3S. The lowest BCUT2D eigenvalue weighted by Gasteiger charge is -2.25. The summed E-state index contributed by atoms with van der Waals surface area (Å²) in [5, 5.41) is 2.95. The summed E-state index contributed by atoms with van der Waals surface area (Å²) < 4.78 is 11.3. The van der Waals surface area contributed by atoms with Crippen molar-refractivity contribution in [2.75, 3.05) is 13.2 Å². The van der Waals surface area contributed by atoms with Gasteiger partial charge < -0.3 is 14.8 Å². The summed E-state index contributed by atoms with van der Waals surface area (Å²) in [6, 6.07) is 7.88. The molecule has 2 aromatic rings. The first kappa shape index (κ1) is 22.4. The van der Waals surface area contributed by atoms with Gasteiger partial charge in [0, 0.05) is 0 Å². The van der Waals surface area contributed by atoms with Gasteiger partial charge in [-0.2, -0.15) is 0 Å². The Labute approximate surface area is 172 Å². The number of carbonyl (C=O) groups excluding carboxylic acids is 1. The maximum absolute atomic E-state index is 12.3. The lowest BCUT2D eigenvalue weighted by molar-refractivity contribution is 0.0349. The summed E-state index contributed by atoms with van der Waals surface area (Å²) >= 11 is 1.62. The molecule has 0 unspecified atom stereocenters. The number of hydrogen-bond acceptors (Lipinski definition) is 5. The van der Waals surface area contributed by atoms with E-state index in [0.29, 0.717) is 13.2 Å². The van der Waals surface area contributed by atoms with Crippen LogP contribution in [0.25, 0.3) is 10.4 Å². The van der Waals surface area contributed by atoms with Gasteiger partial charge in [-0.05, 0) is 44.2 Å². The number of nitrogens with one attached hydrogen (secondary N) is 1. The fraction of sp³-hybridized carbons (Fsp3) is 0.545. The minimum absolute atomic E-state index is 0.0595. The minimum Gasteiger partial charge on any atom is -0.444 e. The van der Waals surface area contributed by atoms with Gasteiger partial charge in [-0.3, -0.25) is 0 Å². The molecular weight excluding hydrogens is 372 g/mol. The molecule has 0 saturated carbocycles. The highest BCUT2D eigenvalue weighted by Gasteiger charge is 2.22. The molecule has 0 spiro atoms. The number of rotatable bonds is 6. The highest BCUT2D eigenvalue weighted by atomic mass is 32.1. The van der Waals surface area contributed by atoms with Gasteiger partial charge in [-0.15, -0.1) is 11.3 Å². The molecule has 0 aliphatic carbocycles. The van der Waals surface area contributed by atoms with Crippen molar-refractivity contribution in [1.82, 2.24) is 10.3 Å². The molecule has 154 valence electrons. The molecule has 0 saturated heterocycles. The average Bonchev–Trinajstić information content (AvgIpc) is 2.97. The van der Waals surface area contributed by atoms with Crippen LogP contribution in [0.4, 0.5) is 4.79 Å². The van der Waals surface area contributed by atoms with Crippen LogP contribution in [0.15, 0.2) is 29.8 Å². The van der Waals surface area contributed by atoms with Crippen LogP contribution in [0, 0.1) is 12.3 Å². The lowest BCUT2D eigenvalue weighted by atomic mass is 9.98. The monoisotopic (exact) mass is 404 g/mol. The van der Waals surface area contributed by atoms with E-state index < -0.39 is 11.7 Å². The van der Waals surface area contributed by atoms with Crippen molar-refractivity contribution in [3.05, 3.63) is 41.0 Å². The zero-order valence-corrected chi connectivity index (χ0v) is 18.8. The number of nitrogens with zero attached hydrogens (tertiary/aromatic N) is 1. The van der Waals surface area contributed by atoms with Crippen molar-refractivity contribution in [2.45, 2.75) is 60.1 Å². The quantitative estimate of drug-likeness (QED) is 0.666. The van der Waals surface area contributed by atoms with Crippen LogP contribution in [0.3, 0.4) is 0 Å². The smallest absolute Gasteiger partial charge is 0.408 e. The second-order valence-corrected chi connectivity index (χ2v) is 10.0. The van der Waals surface area contributed by atoms with Crippen LogP contribution in [-0.2, 0) is 9.47 Å². The summed E-state index contributed by atoms with van der Waals surface area (Å²) in [5.74, 6) is 0. The van der Waals surface area contributed by atoms with E-state index in [2.05, 4.69) is 43.2 Å². The number of aryl methyl sites for hydroxylation is 1. The second kappa shape index (κ2) is 9.05. The Morgan fingerprint density at radius 1 is 1.14 bits per heavy atom. The molecule has 6 heteroatoms. The number of benzene rings is 1. The molecule has 1 amide bonds. The third-order valence-corrected chi connectivity index (χ3v) is 4.81. The molecule has 28 heavy (non-hydrogen) atoms. The zero-order chi connectivity index (χ0) is 20.9. The third-order valence-electron chi connectivity index (χ3n) is 3.83. The first-order valence-electron chi connectivity index (χ1n) is 9.52. The average molecular weight is 405 g/mol. The van der Waals surface area contributed by atoms with Crippen molar-refractivity contribution in [3.63, 3.8) is 0 Å². The molecule has 1 aromatic heterocycles. The van der Waals surface area contributed by atoms with Crippen LogP contribution >= 0.6 is 11.3 Å². The van der Waals surface area contributed by atoms with Gasteiger partial charge in [0.25, 0.3) is 0 Å². The molecule has 1 aromatic carbocycles. The summed E-state index contributed by atoms with van der Waals surface area (Å²) in [5.41, 5.74) is 4.49. The largest absolute Gasteiger partial charge is 0.444 e. The fourth-order valence-corrected chi connectivity index (χ4v) is 3.41. The second-order valence-electron chi connectivity index (χ2n) is 9.16. The SMILES string of the molecule is Cc1ncsc1-c1ccc([C@H](COCC(C)(C)C)NC(=O)OC(C)(C)C)cc1. The Morgan fingerprint density at radius 3 is 2.29 bits per heavy atom. The molecule has 0 radical (unpaired) electrons. The van der Waals surface area contributed by atoms with E-state index in [1.54, 1.807) is 11.3 Å². The topological polar surface area (TPSA) is 60.5 Å². The number of ether oxygens (including phenoxy) is 2. The van der Waals surface area contributed by atoms with E-state index in [1.807, 2.05) is 45.3 Å². The normalized spacial score (nSPS) is 13.2. The van der Waals surface area contributed by atoms with E-state index in [1.165, 1.54) is 0 Å². The maximum Gasteiger partial charge on any atom is 0.408 e. The molecule has 0 bridgehead atoms. The van der Waals surface area contributed by atoms with E-state index in [9.17, 15) is 4.79 Å². The fourth-order valence-electron chi connectivity index (χ4n) is 2.60. The van der Waals surface area contributed by atoms with Gasteiger partial charge in [0.15, 0.2) is 0 Å². The van der Waals surface area contributed by atoms with E-state index in [0.717, 1.165) is 21.7 Å². The first-order chi connectivity index (χ1) is 12.9. The van der Waals surface area contributed by atoms with E-state index >= 15 is 0 Å². The Balaban J connectivity index is 2.15. The lowest BCUT2D eigenvalue weighted by Crippen LogP contribution is -2.37. The minimum atomic E-state index is -0.547. The van der Waals surface area contributed by atoms with Gasteiger partial charge in [-0.25, -0.2) is 9.78 Å². The van der Waals surface area contributed by atoms with Gasteiger partial charge >= 0.3 is 6.09 Å². The van der Waals surface area contributed by atoms with Crippen molar-refractivity contribution in [3.8, 4) is 10.4 Å². The number of thiazole rings is 1. The summed E-state index contributed by atoms with van der Waals surface area (Å²) in [6.45, 7) is 14.9. The Bertz CT molecular complexity index is 770. The highest BCUT2D eigenvalue weighted by molar-refractivity contribution is 7.13. The maximum atomic E-state index is 12.3. The van der Waals surface area contributed by atoms with Crippen molar-refractivity contribution >= 4 is 17.4 Å². The Hall–Kier alpha value is -1.92. The van der Waals surface area contributed by atoms with Gasteiger partial charge in [0.05, 0.1) is 35.3 Å². The number of aromatic nitrogens is 1. The van der Waals surface area contributed by atoms with Crippen LogP contribution in [-0.4, -0.2) is 29.9 Å². The molecule has 5 nitrogen and oxygen atoms in total. The van der Waals surface area contributed by atoms with Gasteiger partial charge in [0.1, 0.15) is 5.60 Å². The van der Waals surface area contributed by atoms with Gasteiger partial charge in [0.2, 0.25) is 0 Å². The van der Waals surface area contributed by atoms with Crippen LogP contribution in [0.2, 0.25) is 0 Å². The van der Waals surface area contributed by atoms with Crippen molar-refractivity contribution in [2.24, 2.45) is 5.41 Å². The Kier molecular flexibility index (Phi) is 7.23. The molecule has 1 heterocycles. The van der Waals surface area contributed by atoms with Crippen molar-refractivity contribution in [1.29, 1.82) is 0 Å². The highest BCUT2D eigenvalue weighted by Crippen LogP contribution is 2.28. The van der Waals surface area contributed by atoms with Crippen LogP contribution in [0.1, 0.15) is 58.8 Å². The molecule has 2 rings (SSSR count). The standard InChI is InChI=1S/C22H32N2O3S/c1-15-19(28-14-23-15)17-10-8-16(9-11-17)18(12-26-13-21(2,3)4)24-20(25)27-22(5,6)7/h8-11,14,18H,12-13H2,1-7H3,(H,24,25)/t18-/m0/s1. The zero-order valence-electron chi connectivity index (χ0n) is 18.0. The first-order valence-corrected chi connectivity index (χ1v) is 10.4. The number of hydrogen-bond donors (Lipinski definition) is 1. The van der Waals surface area contributed by atoms with Crippen molar-refractivity contribution < 1.29 is 14.3 Å². The predicted octanol–water partition coefficient (Wildman–Crippen LogP) is 5.75. The molecule has 0 aliphatic rings. The summed E-state index contributed by atoms with van der Waals surface area (Å²) in [4.78, 5) is 17.8.